The normalized spacial score (nSPS) is 11.5. The summed E-state index contributed by atoms with van der Waals surface area (Å²) in [6.07, 6.45) is 5.26. The first kappa shape index (κ1) is 23.1. The van der Waals surface area contributed by atoms with E-state index in [9.17, 15) is 0 Å². The van der Waals surface area contributed by atoms with E-state index in [2.05, 4.69) is 34.6 Å². The average molecular weight is 375 g/mol. The monoisotopic (exact) mass is 374 g/mol. The lowest BCUT2D eigenvalue weighted by Gasteiger charge is -2.26. The summed E-state index contributed by atoms with van der Waals surface area (Å²) in [5, 5.41) is 3.20. The van der Waals surface area contributed by atoms with Crippen molar-refractivity contribution in [3.05, 3.63) is 42.1 Å². The molecule has 1 N–H and O–H groups in total. The Kier molecular flexibility index (Phi) is 12.9. The van der Waals surface area contributed by atoms with Crippen LogP contribution in [0.15, 0.2) is 36.5 Å². The van der Waals surface area contributed by atoms with E-state index in [4.69, 9.17) is 13.3 Å². The van der Waals surface area contributed by atoms with Crippen molar-refractivity contribution < 1.29 is 13.3 Å². The standard InChI is InChI=1S/C17H30N2O3Si.ClH/c1-18-12-15-19(14-11-17-9-6-5-7-10-17)13-8-16-23(20-2,21-3)22-4;/h5-7,9-11,14,18H,8,12-13,15-16H2,1-4H3;1H. The van der Waals surface area contributed by atoms with E-state index in [-0.39, 0.29) is 12.4 Å². The Morgan fingerprint density at radius 2 is 1.67 bits per heavy atom. The molecule has 0 aliphatic heterocycles. The van der Waals surface area contributed by atoms with Crippen molar-refractivity contribution in [2.75, 3.05) is 48.0 Å². The summed E-state index contributed by atoms with van der Waals surface area (Å²) >= 11 is 0. The zero-order chi connectivity index (χ0) is 17.0. The van der Waals surface area contributed by atoms with Gasteiger partial charge in [0.2, 0.25) is 0 Å². The van der Waals surface area contributed by atoms with Gasteiger partial charge in [0, 0.05) is 47.0 Å². The van der Waals surface area contributed by atoms with Crippen LogP contribution in [0.5, 0.6) is 0 Å². The Labute approximate surface area is 153 Å². The highest BCUT2D eigenvalue weighted by molar-refractivity contribution is 6.60. The van der Waals surface area contributed by atoms with E-state index >= 15 is 0 Å². The van der Waals surface area contributed by atoms with Gasteiger partial charge in [0.05, 0.1) is 0 Å². The molecule has 0 aromatic heterocycles. The van der Waals surface area contributed by atoms with Gasteiger partial charge in [-0.05, 0) is 31.3 Å². The van der Waals surface area contributed by atoms with Crippen LogP contribution in [0.2, 0.25) is 6.04 Å². The molecule has 0 heterocycles. The maximum Gasteiger partial charge on any atom is 0.500 e. The average Bonchev–Trinajstić information content (AvgIpc) is 2.62. The molecule has 0 spiro atoms. The van der Waals surface area contributed by atoms with Gasteiger partial charge in [-0.1, -0.05) is 30.3 Å². The lowest BCUT2D eigenvalue weighted by Crippen LogP contribution is -2.43. The minimum absolute atomic E-state index is 0. The highest BCUT2D eigenvalue weighted by Gasteiger charge is 2.36. The third kappa shape index (κ3) is 8.28. The molecule has 0 aliphatic carbocycles. The summed E-state index contributed by atoms with van der Waals surface area (Å²) in [6.45, 7) is 2.84. The molecule has 24 heavy (non-hydrogen) atoms. The van der Waals surface area contributed by atoms with Crippen LogP contribution in [0, 0.1) is 0 Å². The summed E-state index contributed by atoms with van der Waals surface area (Å²) in [7, 11) is 4.48. The number of nitrogens with zero attached hydrogens (tertiary/aromatic N) is 1. The van der Waals surface area contributed by atoms with Gasteiger partial charge in [0.15, 0.2) is 0 Å². The van der Waals surface area contributed by atoms with Gasteiger partial charge in [0.1, 0.15) is 0 Å². The Balaban J connectivity index is 0.00000529. The minimum atomic E-state index is -2.47. The topological polar surface area (TPSA) is 43.0 Å². The zero-order valence-electron chi connectivity index (χ0n) is 15.2. The Morgan fingerprint density at radius 3 is 2.21 bits per heavy atom. The quantitative estimate of drug-likeness (QED) is 0.570. The smallest absolute Gasteiger partial charge is 0.377 e. The number of hydrogen-bond acceptors (Lipinski definition) is 5. The molecule has 7 heteroatoms. The van der Waals surface area contributed by atoms with Crippen LogP contribution >= 0.6 is 12.4 Å². The summed E-state index contributed by atoms with van der Waals surface area (Å²) < 4.78 is 16.4. The molecule has 0 saturated carbocycles. The molecule has 0 amide bonds. The first-order valence-corrected chi connectivity index (χ1v) is 9.90. The molecule has 0 saturated heterocycles. The van der Waals surface area contributed by atoms with Crippen molar-refractivity contribution >= 4 is 27.3 Å². The predicted octanol–water partition coefficient (Wildman–Crippen LogP) is 2.87. The van der Waals surface area contributed by atoms with Crippen LogP contribution in [-0.4, -0.2) is 61.7 Å². The van der Waals surface area contributed by atoms with E-state index < -0.39 is 8.80 Å². The fraction of sp³-hybridized carbons (Fsp3) is 0.529. The van der Waals surface area contributed by atoms with Gasteiger partial charge < -0.3 is 23.5 Å². The first-order chi connectivity index (χ1) is 11.2. The zero-order valence-corrected chi connectivity index (χ0v) is 17.0. The van der Waals surface area contributed by atoms with Crippen molar-refractivity contribution in [2.45, 2.75) is 12.5 Å². The molecular formula is C17H31ClN2O3Si. The number of halogens is 1. The lowest BCUT2D eigenvalue weighted by atomic mass is 10.2. The number of hydrogen-bond donors (Lipinski definition) is 1. The second kappa shape index (κ2) is 13.4. The molecule has 1 rings (SSSR count). The Morgan fingerprint density at radius 1 is 1.04 bits per heavy atom. The van der Waals surface area contributed by atoms with Gasteiger partial charge in [-0.25, -0.2) is 0 Å². The molecular weight excluding hydrogens is 344 g/mol. The number of likely N-dealkylation sites (N-methyl/N-ethyl adjacent to an activating group) is 1. The fourth-order valence-corrected chi connectivity index (χ4v) is 4.03. The molecule has 1 aromatic rings. The summed E-state index contributed by atoms with van der Waals surface area (Å²) in [6, 6.07) is 11.1. The largest absolute Gasteiger partial charge is 0.500 e. The Bertz CT molecular complexity index is 436. The van der Waals surface area contributed by atoms with Crippen LogP contribution in [-0.2, 0) is 13.3 Å². The number of nitrogens with one attached hydrogen (secondary N) is 1. The van der Waals surface area contributed by atoms with Crippen LogP contribution in [0.4, 0.5) is 0 Å². The van der Waals surface area contributed by atoms with Crippen LogP contribution in [0.1, 0.15) is 12.0 Å². The second-order valence-corrected chi connectivity index (χ2v) is 8.36. The molecule has 138 valence electrons. The highest BCUT2D eigenvalue weighted by Crippen LogP contribution is 2.15. The molecule has 0 fully saturated rings. The van der Waals surface area contributed by atoms with Gasteiger partial charge in [-0.3, -0.25) is 0 Å². The second-order valence-electron chi connectivity index (χ2n) is 5.26. The highest BCUT2D eigenvalue weighted by atomic mass is 35.5. The molecule has 0 unspecified atom stereocenters. The van der Waals surface area contributed by atoms with Crippen LogP contribution in [0.25, 0.3) is 6.08 Å². The fourth-order valence-electron chi connectivity index (χ4n) is 2.33. The number of benzene rings is 1. The van der Waals surface area contributed by atoms with Crippen molar-refractivity contribution in [1.29, 1.82) is 0 Å². The minimum Gasteiger partial charge on any atom is -0.377 e. The maximum absolute atomic E-state index is 5.47. The Hall–Kier alpha value is -0.893. The lowest BCUT2D eigenvalue weighted by molar-refractivity contribution is 0.122. The van der Waals surface area contributed by atoms with Gasteiger partial charge in [0.25, 0.3) is 0 Å². The van der Waals surface area contributed by atoms with E-state index in [1.165, 1.54) is 5.56 Å². The van der Waals surface area contributed by atoms with Crippen molar-refractivity contribution in [3.63, 3.8) is 0 Å². The molecule has 1 aromatic carbocycles. The third-order valence-electron chi connectivity index (χ3n) is 3.79. The summed E-state index contributed by atoms with van der Waals surface area (Å²) in [5.41, 5.74) is 1.20. The van der Waals surface area contributed by atoms with Crippen LogP contribution in [0.3, 0.4) is 0 Å². The van der Waals surface area contributed by atoms with Gasteiger partial charge in [-0.2, -0.15) is 0 Å². The molecule has 0 radical (unpaired) electrons. The van der Waals surface area contributed by atoms with E-state index in [1.54, 1.807) is 21.3 Å². The SMILES string of the molecule is CNCCN(C=Cc1ccccc1)CCC[Si](OC)(OC)OC.Cl. The van der Waals surface area contributed by atoms with Crippen molar-refractivity contribution in [3.8, 4) is 0 Å². The van der Waals surface area contributed by atoms with Gasteiger partial charge >= 0.3 is 8.80 Å². The van der Waals surface area contributed by atoms with Crippen molar-refractivity contribution in [2.24, 2.45) is 0 Å². The summed E-state index contributed by atoms with van der Waals surface area (Å²) in [4.78, 5) is 2.31. The van der Waals surface area contributed by atoms with E-state index in [0.29, 0.717) is 0 Å². The van der Waals surface area contributed by atoms with E-state index in [1.807, 2.05) is 25.2 Å². The summed E-state index contributed by atoms with van der Waals surface area (Å²) in [5.74, 6) is 0. The number of rotatable bonds is 12. The molecule has 0 bridgehead atoms. The van der Waals surface area contributed by atoms with Gasteiger partial charge in [-0.15, -0.1) is 12.4 Å². The van der Waals surface area contributed by atoms with E-state index in [0.717, 1.165) is 32.1 Å². The van der Waals surface area contributed by atoms with Crippen LogP contribution < -0.4 is 5.32 Å². The molecule has 5 nitrogen and oxygen atoms in total. The predicted molar refractivity (Wildman–Crippen MR) is 104 cm³/mol. The maximum atomic E-state index is 5.47. The van der Waals surface area contributed by atoms with Crippen molar-refractivity contribution in [1.82, 2.24) is 10.2 Å². The third-order valence-corrected chi connectivity index (χ3v) is 6.62. The first-order valence-electron chi connectivity index (χ1n) is 7.97. The molecule has 0 atom stereocenters. The molecule has 0 aliphatic rings.